The zero-order valence-electron chi connectivity index (χ0n) is 18.9. The van der Waals surface area contributed by atoms with Gasteiger partial charge in [0.25, 0.3) is 5.91 Å². The van der Waals surface area contributed by atoms with Gasteiger partial charge in [0.2, 0.25) is 5.91 Å². The summed E-state index contributed by atoms with van der Waals surface area (Å²) in [6.07, 6.45) is 1.42. The van der Waals surface area contributed by atoms with Crippen LogP contribution in [0.2, 0.25) is 0 Å². The number of hydrogen-bond acceptors (Lipinski definition) is 5. The second-order valence-corrected chi connectivity index (χ2v) is 8.41. The number of amides is 2. The van der Waals surface area contributed by atoms with Gasteiger partial charge in [-0.25, -0.2) is 4.79 Å². The molecule has 0 spiro atoms. The molecule has 0 heterocycles. The van der Waals surface area contributed by atoms with Crippen LogP contribution in [-0.2, 0) is 9.53 Å². The van der Waals surface area contributed by atoms with Crippen molar-refractivity contribution in [3.63, 3.8) is 0 Å². The van der Waals surface area contributed by atoms with E-state index >= 15 is 0 Å². The summed E-state index contributed by atoms with van der Waals surface area (Å²) >= 11 is 0. The van der Waals surface area contributed by atoms with Crippen LogP contribution in [0.15, 0.2) is 55.1 Å². The lowest BCUT2D eigenvalue weighted by Gasteiger charge is -2.40. The monoisotopic (exact) mass is 435 g/mol. The molecule has 168 valence electrons. The predicted molar refractivity (Wildman–Crippen MR) is 122 cm³/mol. The van der Waals surface area contributed by atoms with Gasteiger partial charge in [0.1, 0.15) is 17.9 Å². The first-order valence-electron chi connectivity index (χ1n) is 10.7. The summed E-state index contributed by atoms with van der Waals surface area (Å²) in [5.74, 6) is -2.04. The standard InChI is InChI=1S/C26H29NO5/c1-6-13-32-26(31)21-12-11-18(14-22(21)28)24(29)27(5)25(30)23-16(3)15(2)19-9-7-8-10-20(19)17(23)4/h6-12,14-17,23,28H,1,13H2,2-5H3. The number of carbonyl (C=O) groups excluding carboxylic acids is 3. The van der Waals surface area contributed by atoms with E-state index < -0.39 is 11.9 Å². The Morgan fingerprint density at radius 1 is 1.06 bits per heavy atom. The number of esters is 1. The number of aromatic hydroxyl groups is 1. The van der Waals surface area contributed by atoms with Crippen LogP contribution in [0.3, 0.4) is 0 Å². The predicted octanol–water partition coefficient (Wildman–Crippen LogP) is 4.51. The van der Waals surface area contributed by atoms with Crippen LogP contribution >= 0.6 is 0 Å². The van der Waals surface area contributed by atoms with Crippen molar-refractivity contribution >= 4 is 17.8 Å². The molecule has 1 aliphatic rings. The Morgan fingerprint density at radius 3 is 2.28 bits per heavy atom. The smallest absolute Gasteiger partial charge is 0.342 e. The summed E-state index contributed by atoms with van der Waals surface area (Å²) in [5, 5.41) is 10.2. The molecule has 32 heavy (non-hydrogen) atoms. The molecule has 0 fully saturated rings. The fraction of sp³-hybridized carbons (Fsp3) is 0.346. The molecule has 4 unspecified atom stereocenters. The van der Waals surface area contributed by atoms with Crippen molar-refractivity contribution in [3.8, 4) is 5.75 Å². The molecule has 2 amide bonds. The van der Waals surface area contributed by atoms with E-state index in [9.17, 15) is 19.5 Å². The van der Waals surface area contributed by atoms with E-state index in [0.29, 0.717) is 0 Å². The van der Waals surface area contributed by atoms with Crippen molar-refractivity contribution in [2.24, 2.45) is 11.8 Å². The first-order valence-corrected chi connectivity index (χ1v) is 10.7. The normalized spacial score (nSPS) is 21.9. The molecule has 0 aliphatic heterocycles. The van der Waals surface area contributed by atoms with E-state index in [4.69, 9.17) is 4.74 Å². The Hall–Kier alpha value is -3.41. The summed E-state index contributed by atoms with van der Waals surface area (Å²) in [7, 11) is 1.46. The fourth-order valence-corrected chi connectivity index (χ4v) is 4.59. The number of carbonyl (C=O) groups is 3. The zero-order valence-corrected chi connectivity index (χ0v) is 18.9. The lowest BCUT2D eigenvalue weighted by atomic mass is 9.65. The molecule has 0 bridgehead atoms. The minimum atomic E-state index is -0.719. The summed E-state index contributed by atoms with van der Waals surface area (Å²) < 4.78 is 4.92. The zero-order chi connectivity index (χ0) is 23.6. The first-order chi connectivity index (χ1) is 15.2. The van der Waals surface area contributed by atoms with Crippen molar-refractivity contribution < 1.29 is 24.2 Å². The van der Waals surface area contributed by atoms with E-state index in [2.05, 4.69) is 19.6 Å². The summed E-state index contributed by atoms with van der Waals surface area (Å²) in [4.78, 5) is 39.6. The second-order valence-electron chi connectivity index (χ2n) is 8.41. The Balaban J connectivity index is 1.83. The molecular formula is C26H29NO5. The number of ether oxygens (including phenoxy) is 1. The van der Waals surface area contributed by atoms with Gasteiger partial charge in [0, 0.05) is 18.5 Å². The van der Waals surface area contributed by atoms with Gasteiger partial charge in [-0.1, -0.05) is 57.7 Å². The lowest BCUT2D eigenvalue weighted by Crippen LogP contribution is -2.44. The number of fused-ring (bicyclic) bond motifs is 1. The molecule has 0 aromatic heterocycles. The molecule has 1 aliphatic carbocycles. The van der Waals surface area contributed by atoms with E-state index in [1.807, 2.05) is 32.0 Å². The molecule has 6 nitrogen and oxygen atoms in total. The van der Waals surface area contributed by atoms with Gasteiger partial charge in [0.05, 0.1) is 0 Å². The van der Waals surface area contributed by atoms with Crippen molar-refractivity contribution in [1.29, 1.82) is 0 Å². The quantitative estimate of drug-likeness (QED) is 0.424. The van der Waals surface area contributed by atoms with Gasteiger partial charge in [-0.3, -0.25) is 14.5 Å². The van der Waals surface area contributed by atoms with Crippen LogP contribution in [0, 0.1) is 11.8 Å². The number of benzene rings is 2. The average Bonchev–Trinajstić information content (AvgIpc) is 2.80. The van der Waals surface area contributed by atoms with Crippen LogP contribution in [0.5, 0.6) is 5.75 Å². The van der Waals surface area contributed by atoms with Gasteiger partial charge in [-0.2, -0.15) is 0 Å². The number of hydrogen-bond donors (Lipinski definition) is 1. The maximum atomic E-state index is 13.4. The Kier molecular flexibility index (Phi) is 6.82. The van der Waals surface area contributed by atoms with Crippen molar-refractivity contribution in [2.45, 2.75) is 32.6 Å². The maximum absolute atomic E-state index is 13.4. The fourth-order valence-electron chi connectivity index (χ4n) is 4.59. The van der Waals surface area contributed by atoms with Gasteiger partial charge < -0.3 is 9.84 Å². The van der Waals surface area contributed by atoms with E-state index in [0.717, 1.165) is 10.5 Å². The van der Waals surface area contributed by atoms with Crippen LogP contribution in [-0.4, -0.2) is 41.4 Å². The lowest BCUT2D eigenvalue weighted by molar-refractivity contribution is -0.134. The third-order valence-corrected chi connectivity index (χ3v) is 6.59. The molecule has 6 heteroatoms. The molecule has 2 aromatic carbocycles. The average molecular weight is 436 g/mol. The molecule has 3 rings (SSSR count). The topological polar surface area (TPSA) is 83.9 Å². The third-order valence-electron chi connectivity index (χ3n) is 6.59. The van der Waals surface area contributed by atoms with E-state index in [1.54, 1.807) is 0 Å². The minimum absolute atomic E-state index is 0.00943. The van der Waals surface area contributed by atoms with Crippen LogP contribution in [0.1, 0.15) is 64.4 Å². The van der Waals surface area contributed by atoms with Crippen LogP contribution in [0.25, 0.3) is 0 Å². The number of nitrogens with zero attached hydrogens (tertiary/aromatic N) is 1. The third kappa shape index (κ3) is 4.17. The molecule has 2 aromatic rings. The molecule has 0 radical (unpaired) electrons. The van der Waals surface area contributed by atoms with Crippen molar-refractivity contribution in [3.05, 3.63) is 77.4 Å². The highest BCUT2D eigenvalue weighted by Gasteiger charge is 2.42. The SMILES string of the molecule is C=CCOC(=O)c1ccc(C(=O)N(C)C(=O)C2C(C)c3ccccc3C(C)C2C)cc1O. The Labute approximate surface area is 188 Å². The highest BCUT2D eigenvalue weighted by molar-refractivity contribution is 6.06. The van der Waals surface area contributed by atoms with Crippen LogP contribution in [0.4, 0.5) is 0 Å². The van der Waals surface area contributed by atoms with E-state index in [1.165, 1.54) is 36.9 Å². The second kappa shape index (κ2) is 9.39. The van der Waals surface area contributed by atoms with Gasteiger partial charge >= 0.3 is 5.97 Å². The number of rotatable bonds is 5. The van der Waals surface area contributed by atoms with Gasteiger partial charge in [-0.15, -0.1) is 0 Å². The van der Waals surface area contributed by atoms with Gasteiger partial charge in [0.15, 0.2) is 0 Å². The Morgan fingerprint density at radius 2 is 1.69 bits per heavy atom. The highest BCUT2D eigenvalue weighted by atomic mass is 16.5. The van der Waals surface area contributed by atoms with Gasteiger partial charge in [-0.05, 0) is 47.1 Å². The minimum Gasteiger partial charge on any atom is -0.507 e. The highest BCUT2D eigenvalue weighted by Crippen LogP contribution is 2.46. The maximum Gasteiger partial charge on any atom is 0.342 e. The summed E-state index contributed by atoms with van der Waals surface area (Å²) in [6.45, 7) is 9.66. The van der Waals surface area contributed by atoms with Crippen molar-refractivity contribution in [1.82, 2.24) is 4.90 Å². The van der Waals surface area contributed by atoms with Crippen molar-refractivity contribution in [2.75, 3.05) is 13.7 Å². The number of imide groups is 1. The molecule has 0 saturated heterocycles. The molecular weight excluding hydrogens is 406 g/mol. The number of phenols is 1. The van der Waals surface area contributed by atoms with Crippen LogP contribution < -0.4 is 0 Å². The largest absolute Gasteiger partial charge is 0.507 e. The molecule has 4 atom stereocenters. The molecule has 0 saturated carbocycles. The summed E-state index contributed by atoms with van der Waals surface area (Å²) in [6, 6.07) is 12.0. The Bertz CT molecular complexity index is 1060. The first kappa shape index (κ1) is 23.3. The number of phenolic OH excluding ortho intramolecular Hbond substituents is 1. The molecule has 1 N–H and O–H groups in total. The summed E-state index contributed by atoms with van der Waals surface area (Å²) in [5.41, 5.74) is 2.44. The van der Waals surface area contributed by atoms with E-state index in [-0.39, 0.29) is 53.1 Å².